The van der Waals surface area contributed by atoms with Gasteiger partial charge in [-0.25, -0.2) is 0 Å². The number of hydrogen-bond acceptors (Lipinski definition) is 1. The van der Waals surface area contributed by atoms with Crippen LogP contribution in [-0.2, 0) is 0 Å². The number of nitrogens with zero attached hydrogens (tertiary/aromatic N) is 2. The summed E-state index contributed by atoms with van der Waals surface area (Å²) < 4.78 is 2.47. The molecule has 0 bridgehead atoms. The minimum absolute atomic E-state index is 1.09. The molecule has 0 aliphatic carbocycles. The Balaban J connectivity index is 1.10. The topological polar surface area (TPSA) is 8.17 Å². The van der Waals surface area contributed by atoms with Crippen molar-refractivity contribution in [3.05, 3.63) is 218 Å². The van der Waals surface area contributed by atoms with Crippen molar-refractivity contribution < 1.29 is 0 Å². The summed E-state index contributed by atoms with van der Waals surface area (Å²) in [6, 6.07) is 79.4. The number of para-hydroxylation sites is 2. The van der Waals surface area contributed by atoms with Crippen molar-refractivity contribution >= 4 is 60.4 Å². The highest BCUT2D eigenvalue weighted by Crippen LogP contribution is 2.46. The van der Waals surface area contributed by atoms with Crippen molar-refractivity contribution in [1.29, 1.82) is 0 Å². The highest BCUT2D eigenvalue weighted by Gasteiger charge is 2.22. The first kappa shape index (κ1) is 32.0. The van der Waals surface area contributed by atoms with Gasteiger partial charge in [0.15, 0.2) is 0 Å². The van der Waals surface area contributed by atoms with Gasteiger partial charge in [-0.1, -0.05) is 170 Å². The molecule has 262 valence electrons. The summed E-state index contributed by atoms with van der Waals surface area (Å²) in [5, 5.41) is 7.66. The number of fused-ring (bicyclic) bond motifs is 1. The van der Waals surface area contributed by atoms with Crippen LogP contribution < -0.4 is 4.90 Å². The molecular weight excluding hydrogens is 677 g/mol. The van der Waals surface area contributed by atoms with Crippen LogP contribution in [0.3, 0.4) is 0 Å². The van der Waals surface area contributed by atoms with E-state index in [0.29, 0.717) is 0 Å². The van der Waals surface area contributed by atoms with Gasteiger partial charge in [-0.05, 0) is 92.3 Å². The van der Waals surface area contributed by atoms with E-state index in [2.05, 4.69) is 228 Å². The monoisotopic (exact) mass is 712 g/mol. The third kappa shape index (κ3) is 5.19. The smallest absolute Gasteiger partial charge is 0.0547 e. The van der Waals surface area contributed by atoms with Crippen LogP contribution in [0.25, 0.3) is 82.4 Å². The lowest BCUT2D eigenvalue weighted by Gasteiger charge is -2.29. The molecule has 11 rings (SSSR count). The van der Waals surface area contributed by atoms with E-state index >= 15 is 0 Å². The SMILES string of the molecule is c1ccc(-c2ccc(N(c3ccc(-c4cccc5ccccc45)cc3)c3ccccc3-c3ccccc3-n3c4cccc5ccc6cccc3c6c54)cc2)cc1. The van der Waals surface area contributed by atoms with Gasteiger partial charge >= 0.3 is 0 Å². The second-order valence-electron chi connectivity index (χ2n) is 14.5. The zero-order valence-corrected chi connectivity index (χ0v) is 30.7. The molecule has 0 unspecified atom stereocenters. The van der Waals surface area contributed by atoms with Crippen LogP contribution in [-0.4, -0.2) is 4.57 Å². The molecule has 0 saturated carbocycles. The predicted molar refractivity (Wildman–Crippen MR) is 238 cm³/mol. The number of aromatic nitrogens is 1. The van der Waals surface area contributed by atoms with Gasteiger partial charge < -0.3 is 9.47 Å². The van der Waals surface area contributed by atoms with E-state index in [9.17, 15) is 0 Å². The third-order valence-corrected chi connectivity index (χ3v) is 11.4. The third-order valence-electron chi connectivity index (χ3n) is 11.4. The van der Waals surface area contributed by atoms with Gasteiger partial charge in [0.2, 0.25) is 0 Å². The highest BCUT2D eigenvalue weighted by atomic mass is 15.1. The lowest BCUT2D eigenvalue weighted by molar-refractivity contribution is 1.18. The van der Waals surface area contributed by atoms with Crippen LogP contribution in [0.2, 0.25) is 0 Å². The van der Waals surface area contributed by atoms with Crippen LogP contribution in [0, 0.1) is 0 Å². The Labute approximate surface area is 326 Å². The Bertz CT molecular complexity index is 3100. The van der Waals surface area contributed by atoms with E-state index in [1.165, 1.54) is 71.2 Å². The predicted octanol–water partition coefficient (Wildman–Crippen LogP) is 15.0. The van der Waals surface area contributed by atoms with Gasteiger partial charge in [0, 0.05) is 33.3 Å². The average molecular weight is 713 g/mol. The van der Waals surface area contributed by atoms with Crippen molar-refractivity contribution in [3.8, 4) is 39.1 Å². The number of rotatable bonds is 7. The van der Waals surface area contributed by atoms with E-state index in [4.69, 9.17) is 0 Å². The van der Waals surface area contributed by atoms with E-state index in [-0.39, 0.29) is 0 Å². The van der Waals surface area contributed by atoms with Crippen LogP contribution in [0.1, 0.15) is 0 Å². The van der Waals surface area contributed by atoms with Crippen LogP contribution in [0.4, 0.5) is 17.1 Å². The summed E-state index contributed by atoms with van der Waals surface area (Å²) in [4.78, 5) is 2.41. The van der Waals surface area contributed by atoms with Gasteiger partial charge in [-0.2, -0.15) is 0 Å². The maximum atomic E-state index is 2.47. The first-order chi connectivity index (χ1) is 27.8. The summed E-state index contributed by atoms with van der Waals surface area (Å²) >= 11 is 0. The van der Waals surface area contributed by atoms with Crippen LogP contribution in [0.15, 0.2) is 218 Å². The first-order valence-corrected chi connectivity index (χ1v) is 19.3. The summed E-state index contributed by atoms with van der Waals surface area (Å²) in [6.07, 6.45) is 0. The minimum atomic E-state index is 1.09. The van der Waals surface area contributed by atoms with Gasteiger partial charge in [0.1, 0.15) is 0 Å². The molecule has 0 N–H and O–H groups in total. The van der Waals surface area contributed by atoms with Crippen molar-refractivity contribution in [2.45, 2.75) is 0 Å². The molecule has 0 aliphatic heterocycles. The number of anilines is 3. The second kappa shape index (κ2) is 13.2. The summed E-state index contributed by atoms with van der Waals surface area (Å²) in [7, 11) is 0. The fraction of sp³-hybridized carbons (Fsp3) is 0. The molecule has 0 aliphatic rings. The molecule has 56 heavy (non-hydrogen) atoms. The summed E-state index contributed by atoms with van der Waals surface area (Å²) in [5.74, 6) is 0. The Kier molecular flexibility index (Phi) is 7.53. The van der Waals surface area contributed by atoms with Gasteiger partial charge in [-0.15, -0.1) is 0 Å². The molecule has 2 nitrogen and oxygen atoms in total. The van der Waals surface area contributed by atoms with E-state index in [1.807, 2.05) is 0 Å². The maximum Gasteiger partial charge on any atom is 0.0547 e. The minimum Gasteiger partial charge on any atom is -0.310 e. The van der Waals surface area contributed by atoms with E-state index < -0.39 is 0 Å². The molecule has 0 amide bonds. The molecule has 0 saturated heterocycles. The Morgan fingerprint density at radius 3 is 1.52 bits per heavy atom. The van der Waals surface area contributed by atoms with Crippen molar-refractivity contribution in [3.63, 3.8) is 0 Å². The Morgan fingerprint density at radius 2 is 0.804 bits per heavy atom. The largest absolute Gasteiger partial charge is 0.310 e. The normalized spacial score (nSPS) is 11.6. The van der Waals surface area contributed by atoms with Gasteiger partial charge in [-0.3, -0.25) is 0 Å². The zero-order valence-electron chi connectivity index (χ0n) is 30.7. The molecule has 1 aromatic heterocycles. The average Bonchev–Trinajstić information content (AvgIpc) is 3.62. The molecule has 10 aromatic carbocycles. The molecule has 0 atom stereocenters. The maximum absolute atomic E-state index is 2.47. The Hall–Kier alpha value is -7.42. The fourth-order valence-corrected chi connectivity index (χ4v) is 8.80. The number of benzene rings is 10. The second-order valence-corrected chi connectivity index (χ2v) is 14.5. The lowest BCUT2D eigenvalue weighted by Crippen LogP contribution is -2.11. The zero-order chi connectivity index (χ0) is 37.0. The van der Waals surface area contributed by atoms with Crippen molar-refractivity contribution in [1.82, 2.24) is 4.57 Å². The molecule has 11 aromatic rings. The Morgan fingerprint density at radius 1 is 0.304 bits per heavy atom. The number of hydrogen-bond donors (Lipinski definition) is 0. The molecular formula is C54H36N2. The molecule has 0 fully saturated rings. The van der Waals surface area contributed by atoms with Crippen LogP contribution >= 0.6 is 0 Å². The standard InChI is InChI=1S/C54H36N2/c1-2-13-37(14-3-1)38-29-33-43(34-30-38)55(44-35-31-40(32-36-44)46-22-10-16-39-15-4-5-19-45(39)46)49-23-8-6-20-47(49)48-21-7-9-24-50(48)56-51-25-11-17-41-27-28-42-18-12-26-52(56)54(42)53(41)51/h1-36H. The summed E-state index contributed by atoms with van der Waals surface area (Å²) in [6.45, 7) is 0. The first-order valence-electron chi connectivity index (χ1n) is 19.3. The lowest BCUT2D eigenvalue weighted by atomic mass is 9.97. The van der Waals surface area contributed by atoms with Gasteiger partial charge in [0.05, 0.1) is 22.4 Å². The molecule has 2 heteroatoms. The van der Waals surface area contributed by atoms with Crippen LogP contribution in [0.5, 0.6) is 0 Å². The molecule has 0 radical (unpaired) electrons. The van der Waals surface area contributed by atoms with Crippen molar-refractivity contribution in [2.24, 2.45) is 0 Å². The highest BCUT2D eigenvalue weighted by molar-refractivity contribution is 6.24. The quantitative estimate of drug-likeness (QED) is 0.149. The van der Waals surface area contributed by atoms with E-state index in [0.717, 1.165) is 28.3 Å². The van der Waals surface area contributed by atoms with E-state index in [1.54, 1.807) is 0 Å². The fourth-order valence-electron chi connectivity index (χ4n) is 8.80. The van der Waals surface area contributed by atoms with Gasteiger partial charge in [0.25, 0.3) is 0 Å². The molecule has 1 heterocycles. The molecule has 0 spiro atoms. The summed E-state index contributed by atoms with van der Waals surface area (Å²) in [5.41, 5.74) is 14.0. The van der Waals surface area contributed by atoms with Crippen molar-refractivity contribution in [2.75, 3.05) is 4.90 Å².